The highest BCUT2D eigenvalue weighted by atomic mass is 35.5. The van der Waals surface area contributed by atoms with Crippen LogP contribution in [0.15, 0.2) is 28.6 Å². The van der Waals surface area contributed by atoms with Crippen molar-refractivity contribution in [3.63, 3.8) is 0 Å². The van der Waals surface area contributed by atoms with Crippen molar-refractivity contribution in [2.75, 3.05) is 0 Å². The Labute approximate surface area is 101 Å². The van der Waals surface area contributed by atoms with Gasteiger partial charge in [-0.2, -0.15) is 0 Å². The van der Waals surface area contributed by atoms with Crippen LogP contribution in [0.1, 0.15) is 5.01 Å². The predicted octanol–water partition coefficient (Wildman–Crippen LogP) is 3.06. The van der Waals surface area contributed by atoms with Crippen molar-refractivity contribution in [2.24, 2.45) is 0 Å². The summed E-state index contributed by atoms with van der Waals surface area (Å²) < 4.78 is 6.12. The molecule has 78 valence electrons. The van der Waals surface area contributed by atoms with Crippen LogP contribution >= 0.6 is 35.6 Å². The van der Waals surface area contributed by atoms with Crippen LogP contribution < -0.4 is 4.74 Å². The number of aromatic nitrogens is 2. The number of hydrogen-bond acceptors (Lipinski definition) is 5. The lowest BCUT2D eigenvalue weighted by atomic mass is 10.3. The van der Waals surface area contributed by atoms with Crippen LogP contribution in [-0.2, 0) is 6.61 Å². The van der Waals surface area contributed by atoms with Crippen LogP contribution in [0, 0.1) is 0 Å². The summed E-state index contributed by atoms with van der Waals surface area (Å²) >= 11 is 11.2. The van der Waals surface area contributed by atoms with E-state index in [1.54, 1.807) is 12.1 Å². The Morgan fingerprint density at radius 1 is 1.27 bits per heavy atom. The Hall–Kier alpha value is -0.780. The molecule has 0 fully saturated rings. The van der Waals surface area contributed by atoms with Gasteiger partial charge in [-0.3, -0.25) is 0 Å². The van der Waals surface area contributed by atoms with Gasteiger partial charge in [-0.1, -0.05) is 22.9 Å². The van der Waals surface area contributed by atoms with E-state index in [-0.39, 0.29) is 0 Å². The molecule has 2 rings (SSSR count). The molecule has 1 aromatic heterocycles. The summed E-state index contributed by atoms with van der Waals surface area (Å²) in [5, 5.41) is 9.16. The van der Waals surface area contributed by atoms with Gasteiger partial charge in [-0.05, 0) is 24.3 Å². The Kier molecular flexibility index (Phi) is 3.45. The van der Waals surface area contributed by atoms with E-state index in [0.717, 1.165) is 10.8 Å². The zero-order valence-corrected chi connectivity index (χ0v) is 10.0. The monoisotopic (exact) mass is 258 g/mol. The van der Waals surface area contributed by atoms with E-state index in [2.05, 4.69) is 22.8 Å². The zero-order chi connectivity index (χ0) is 10.7. The number of nitrogens with zero attached hydrogens (tertiary/aromatic N) is 2. The number of halogens is 1. The van der Waals surface area contributed by atoms with Gasteiger partial charge in [-0.25, -0.2) is 0 Å². The molecule has 0 saturated heterocycles. The van der Waals surface area contributed by atoms with Gasteiger partial charge in [0.15, 0.2) is 9.35 Å². The Bertz CT molecular complexity index is 444. The third-order valence-electron chi connectivity index (χ3n) is 1.63. The van der Waals surface area contributed by atoms with E-state index in [1.165, 1.54) is 11.3 Å². The second-order valence-electron chi connectivity index (χ2n) is 2.72. The molecule has 0 unspecified atom stereocenters. The molecule has 0 atom stereocenters. The topological polar surface area (TPSA) is 35.0 Å². The van der Waals surface area contributed by atoms with E-state index in [4.69, 9.17) is 16.3 Å². The average molecular weight is 259 g/mol. The van der Waals surface area contributed by atoms with Gasteiger partial charge in [0.1, 0.15) is 12.4 Å². The zero-order valence-electron chi connectivity index (χ0n) is 7.55. The molecule has 3 nitrogen and oxygen atoms in total. The largest absolute Gasteiger partial charge is 0.486 e. The lowest BCUT2D eigenvalue weighted by molar-refractivity contribution is 0.304. The fourth-order valence-electron chi connectivity index (χ4n) is 0.979. The first-order valence-electron chi connectivity index (χ1n) is 4.14. The normalized spacial score (nSPS) is 10.3. The Balaban J connectivity index is 1.96. The Morgan fingerprint density at radius 2 is 2.00 bits per heavy atom. The maximum atomic E-state index is 5.75. The first-order valence-corrected chi connectivity index (χ1v) is 5.78. The highest BCUT2D eigenvalue weighted by Crippen LogP contribution is 2.18. The summed E-state index contributed by atoms with van der Waals surface area (Å²) in [5.41, 5.74) is 0. The SMILES string of the molecule is Sc1nnc(COc2ccc(Cl)cc2)s1. The van der Waals surface area contributed by atoms with Crippen LogP contribution in [0.4, 0.5) is 0 Å². The predicted molar refractivity (Wildman–Crippen MR) is 62.9 cm³/mol. The third kappa shape index (κ3) is 3.09. The van der Waals surface area contributed by atoms with Gasteiger partial charge in [0.05, 0.1) is 0 Å². The number of benzene rings is 1. The van der Waals surface area contributed by atoms with Gasteiger partial charge < -0.3 is 4.74 Å². The van der Waals surface area contributed by atoms with E-state index in [1.807, 2.05) is 12.1 Å². The van der Waals surface area contributed by atoms with E-state index in [9.17, 15) is 0 Å². The van der Waals surface area contributed by atoms with Crippen molar-refractivity contribution in [1.82, 2.24) is 10.2 Å². The van der Waals surface area contributed by atoms with Crippen molar-refractivity contribution in [1.29, 1.82) is 0 Å². The molecule has 0 aliphatic heterocycles. The van der Waals surface area contributed by atoms with Crippen molar-refractivity contribution in [3.8, 4) is 5.75 Å². The molecule has 0 saturated carbocycles. The van der Waals surface area contributed by atoms with Crippen molar-refractivity contribution < 1.29 is 4.74 Å². The molecule has 0 aliphatic carbocycles. The molecule has 0 aliphatic rings. The molecule has 0 radical (unpaired) electrons. The lowest BCUT2D eigenvalue weighted by Crippen LogP contribution is -1.94. The molecule has 0 bridgehead atoms. The summed E-state index contributed by atoms with van der Waals surface area (Å²) in [7, 11) is 0. The van der Waals surface area contributed by atoms with Crippen LogP contribution in [0.25, 0.3) is 0 Å². The fourth-order valence-corrected chi connectivity index (χ4v) is 1.96. The second kappa shape index (κ2) is 4.83. The molecule has 15 heavy (non-hydrogen) atoms. The number of thiol groups is 1. The standard InChI is InChI=1S/C9H7ClN2OS2/c10-6-1-3-7(4-2-6)13-5-8-11-12-9(14)15-8/h1-4H,5H2,(H,12,14). The number of rotatable bonds is 3. The summed E-state index contributed by atoms with van der Waals surface area (Å²) in [6.07, 6.45) is 0. The maximum absolute atomic E-state index is 5.75. The minimum absolute atomic E-state index is 0.403. The van der Waals surface area contributed by atoms with Gasteiger partial charge in [0.25, 0.3) is 0 Å². The number of ether oxygens (including phenoxy) is 1. The van der Waals surface area contributed by atoms with Crippen LogP contribution in [0.2, 0.25) is 5.02 Å². The van der Waals surface area contributed by atoms with Crippen molar-refractivity contribution in [3.05, 3.63) is 34.3 Å². The van der Waals surface area contributed by atoms with E-state index >= 15 is 0 Å². The number of hydrogen-bond donors (Lipinski definition) is 1. The van der Waals surface area contributed by atoms with E-state index < -0.39 is 0 Å². The summed E-state index contributed by atoms with van der Waals surface area (Å²) in [4.78, 5) is 0. The first-order chi connectivity index (χ1) is 7.24. The first kappa shape index (κ1) is 10.7. The van der Waals surface area contributed by atoms with Gasteiger partial charge in [0.2, 0.25) is 0 Å². The summed E-state index contributed by atoms with van der Waals surface area (Å²) in [6.45, 7) is 0.403. The molecule has 0 N–H and O–H groups in total. The summed E-state index contributed by atoms with van der Waals surface area (Å²) in [6, 6.07) is 7.18. The lowest BCUT2D eigenvalue weighted by Gasteiger charge is -2.02. The van der Waals surface area contributed by atoms with E-state index in [0.29, 0.717) is 16.0 Å². The highest BCUT2D eigenvalue weighted by Gasteiger charge is 2.01. The minimum Gasteiger partial charge on any atom is -0.486 e. The third-order valence-corrected chi connectivity index (χ3v) is 2.95. The fraction of sp³-hybridized carbons (Fsp3) is 0.111. The molecule has 0 amide bonds. The molecule has 6 heteroatoms. The molecular weight excluding hydrogens is 252 g/mol. The van der Waals surface area contributed by atoms with Crippen molar-refractivity contribution >= 4 is 35.6 Å². The quantitative estimate of drug-likeness (QED) is 0.860. The second-order valence-corrected chi connectivity index (χ2v) is 4.95. The molecule has 1 aromatic carbocycles. The van der Waals surface area contributed by atoms with Gasteiger partial charge in [0, 0.05) is 5.02 Å². The molecule has 0 spiro atoms. The van der Waals surface area contributed by atoms with Crippen LogP contribution in [0.3, 0.4) is 0 Å². The smallest absolute Gasteiger partial charge is 0.171 e. The van der Waals surface area contributed by atoms with Gasteiger partial charge >= 0.3 is 0 Å². The average Bonchev–Trinajstić information content (AvgIpc) is 2.64. The maximum Gasteiger partial charge on any atom is 0.171 e. The van der Waals surface area contributed by atoms with Crippen molar-refractivity contribution in [2.45, 2.75) is 10.9 Å². The van der Waals surface area contributed by atoms with Crippen LogP contribution in [0.5, 0.6) is 5.75 Å². The Morgan fingerprint density at radius 3 is 2.60 bits per heavy atom. The highest BCUT2D eigenvalue weighted by molar-refractivity contribution is 7.82. The van der Waals surface area contributed by atoms with Crippen LogP contribution in [-0.4, -0.2) is 10.2 Å². The van der Waals surface area contributed by atoms with Gasteiger partial charge in [-0.15, -0.1) is 22.8 Å². The molecule has 2 aromatic rings. The summed E-state index contributed by atoms with van der Waals surface area (Å²) in [5.74, 6) is 0.760. The minimum atomic E-state index is 0.403. The molecular formula is C9H7ClN2OS2. The molecule has 1 heterocycles.